The number of hydrogen-bond acceptors (Lipinski definition) is 2. The van der Waals surface area contributed by atoms with Crippen molar-refractivity contribution in [2.75, 3.05) is 5.32 Å². The fraction of sp³-hybridized carbons (Fsp3) is 0.0435. The summed E-state index contributed by atoms with van der Waals surface area (Å²) in [5.74, 6) is -0.223. The van der Waals surface area contributed by atoms with Crippen molar-refractivity contribution in [3.05, 3.63) is 99.8 Å². The van der Waals surface area contributed by atoms with Gasteiger partial charge in [-0.3, -0.25) is 4.79 Å². The van der Waals surface area contributed by atoms with E-state index in [4.69, 9.17) is 0 Å². The first-order chi connectivity index (χ1) is 13.6. The fourth-order valence-electron chi connectivity index (χ4n) is 2.97. The largest absolute Gasteiger partial charge is 0.321 e. The van der Waals surface area contributed by atoms with E-state index in [2.05, 4.69) is 64.2 Å². The third kappa shape index (κ3) is 3.71. The lowest BCUT2D eigenvalue weighted by atomic mass is 10.1. The van der Waals surface area contributed by atoms with Crippen LogP contribution >= 0.6 is 22.6 Å². The van der Waals surface area contributed by atoms with Gasteiger partial charge in [-0.25, -0.2) is 4.68 Å². The van der Waals surface area contributed by atoms with E-state index in [-0.39, 0.29) is 5.91 Å². The number of nitrogens with one attached hydrogen (secondary N) is 1. The Balaban J connectivity index is 1.82. The molecule has 0 bridgehead atoms. The monoisotopic (exact) mass is 479 g/mol. The summed E-state index contributed by atoms with van der Waals surface area (Å²) in [6.07, 6.45) is 0. The minimum Gasteiger partial charge on any atom is -0.321 e. The number of halogens is 1. The standard InChI is InChI=1S/C23H18IN3O/c1-16-12-14-17(15-13-16)22-20(24)21(23(28)25-18-8-4-2-5-9-18)26-27(22)19-10-6-3-7-11-19/h2-15H,1H3,(H,25,28). The summed E-state index contributed by atoms with van der Waals surface area (Å²) in [6.45, 7) is 2.06. The molecule has 0 aliphatic heterocycles. The van der Waals surface area contributed by atoms with E-state index in [0.29, 0.717) is 5.69 Å². The minimum atomic E-state index is -0.223. The lowest BCUT2D eigenvalue weighted by molar-refractivity contribution is 0.102. The molecule has 4 aromatic rings. The molecule has 3 aromatic carbocycles. The maximum atomic E-state index is 12.9. The van der Waals surface area contributed by atoms with Crippen LogP contribution in [-0.2, 0) is 0 Å². The Morgan fingerprint density at radius 1 is 0.893 bits per heavy atom. The Hall–Kier alpha value is -2.93. The number of rotatable bonds is 4. The average molecular weight is 479 g/mol. The Bertz CT molecular complexity index is 1100. The van der Waals surface area contributed by atoms with Gasteiger partial charge >= 0.3 is 0 Å². The van der Waals surface area contributed by atoms with Crippen molar-refractivity contribution in [1.82, 2.24) is 9.78 Å². The molecule has 0 aliphatic rings. The normalized spacial score (nSPS) is 10.6. The molecule has 1 heterocycles. The van der Waals surface area contributed by atoms with Gasteiger partial charge in [0.1, 0.15) is 0 Å². The Kier molecular flexibility index (Phi) is 5.25. The summed E-state index contributed by atoms with van der Waals surface area (Å²) in [5, 5.41) is 7.60. The SMILES string of the molecule is Cc1ccc(-c2c(I)c(C(=O)Nc3ccccc3)nn2-c2ccccc2)cc1. The van der Waals surface area contributed by atoms with Crippen LogP contribution in [0.1, 0.15) is 16.1 Å². The summed E-state index contributed by atoms with van der Waals surface area (Å²) in [4.78, 5) is 12.9. The van der Waals surface area contributed by atoms with Crippen LogP contribution in [0, 0.1) is 10.5 Å². The van der Waals surface area contributed by atoms with E-state index in [9.17, 15) is 4.79 Å². The number of aromatic nitrogens is 2. The molecule has 0 atom stereocenters. The number of para-hydroxylation sites is 2. The zero-order valence-electron chi connectivity index (χ0n) is 15.3. The zero-order chi connectivity index (χ0) is 19.5. The Labute approximate surface area is 177 Å². The molecule has 0 saturated carbocycles. The molecule has 4 rings (SSSR count). The smallest absolute Gasteiger partial charge is 0.277 e. The average Bonchev–Trinajstić information content (AvgIpc) is 3.07. The number of benzene rings is 3. The van der Waals surface area contributed by atoms with E-state index in [1.807, 2.05) is 65.3 Å². The molecule has 0 saturated heterocycles. The summed E-state index contributed by atoms with van der Waals surface area (Å²) >= 11 is 2.21. The summed E-state index contributed by atoms with van der Waals surface area (Å²) < 4.78 is 2.66. The van der Waals surface area contributed by atoms with E-state index >= 15 is 0 Å². The van der Waals surface area contributed by atoms with Gasteiger partial charge < -0.3 is 5.32 Å². The van der Waals surface area contributed by atoms with E-state index in [1.165, 1.54) is 5.56 Å². The maximum Gasteiger partial charge on any atom is 0.277 e. The van der Waals surface area contributed by atoms with Crippen LogP contribution in [0.2, 0.25) is 0 Å². The fourth-order valence-corrected chi connectivity index (χ4v) is 3.87. The second kappa shape index (κ2) is 7.98. The first-order valence-electron chi connectivity index (χ1n) is 8.91. The highest BCUT2D eigenvalue weighted by atomic mass is 127. The van der Waals surface area contributed by atoms with Gasteiger partial charge in [-0.05, 0) is 53.8 Å². The van der Waals surface area contributed by atoms with Crippen molar-refractivity contribution in [2.45, 2.75) is 6.92 Å². The van der Waals surface area contributed by atoms with Crippen molar-refractivity contribution < 1.29 is 4.79 Å². The molecule has 0 aliphatic carbocycles. The van der Waals surface area contributed by atoms with Crippen molar-refractivity contribution in [2.24, 2.45) is 0 Å². The Morgan fingerprint density at radius 2 is 1.50 bits per heavy atom. The predicted octanol–water partition coefficient (Wildman–Crippen LogP) is 5.70. The summed E-state index contributed by atoms with van der Waals surface area (Å²) in [5.41, 5.74) is 5.18. The summed E-state index contributed by atoms with van der Waals surface area (Å²) in [7, 11) is 0. The quantitative estimate of drug-likeness (QED) is 0.382. The van der Waals surface area contributed by atoms with Crippen LogP contribution < -0.4 is 5.32 Å². The van der Waals surface area contributed by atoms with Crippen LogP contribution in [0.4, 0.5) is 5.69 Å². The van der Waals surface area contributed by atoms with Gasteiger partial charge in [-0.15, -0.1) is 0 Å². The molecule has 4 nitrogen and oxygen atoms in total. The van der Waals surface area contributed by atoms with Gasteiger partial charge in [0.05, 0.1) is 15.0 Å². The topological polar surface area (TPSA) is 46.9 Å². The lowest BCUT2D eigenvalue weighted by Crippen LogP contribution is -2.14. The molecule has 138 valence electrons. The number of carbonyl (C=O) groups is 1. The van der Waals surface area contributed by atoms with Crippen LogP contribution in [0.3, 0.4) is 0 Å². The second-order valence-corrected chi connectivity index (χ2v) is 7.52. The third-order valence-electron chi connectivity index (χ3n) is 4.40. The second-order valence-electron chi connectivity index (χ2n) is 6.44. The first kappa shape index (κ1) is 18.4. The number of hydrogen-bond donors (Lipinski definition) is 1. The molecule has 5 heteroatoms. The number of aryl methyl sites for hydroxylation is 1. The first-order valence-corrected chi connectivity index (χ1v) is 9.99. The van der Waals surface area contributed by atoms with Gasteiger partial charge in [-0.2, -0.15) is 5.10 Å². The van der Waals surface area contributed by atoms with Crippen LogP contribution in [0.25, 0.3) is 16.9 Å². The van der Waals surface area contributed by atoms with E-state index < -0.39 is 0 Å². The van der Waals surface area contributed by atoms with E-state index in [1.54, 1.807) is 0 Å². The Morgan fingerprint density at radius 3 is 2.14 bits per heavy atom. The van der Waals surface area contributed by atoms with E-state index in [0.717, 1.165) is 26.2 Å². The van der Waals surface area contributed by atoms with Crippen molar-refractivity contribution in [1.29, 1.82) is 0 Å². The van der Waals surface area contributed by atoms with Crippen molar-refractivity contribution in [3.8, 4) is 16.9 Å². The minimum absolute atomic E-state index is 0.223. The molecule has 0 fully saturated rings. The molecule has 0 radical (unpaired) electrons. The number of anilines is 1. The van der Waals surface area contributed by atoms with Crippen LogP contribution in [-0.4, -0.2) is 15.7 Å². The maximum absolute atomic E-state index is 12.9. The molecule has 1 N–H and O–H groups in total. The van der Waals surface area contributed by atoms with Crippen molar-refractivity contribution in [3.63, 3.8) is 0 Å². The van der Waals surface area contributed by atoms with Crippen LogP contribution in [0.15, 0.2) is 84.9 Å². The molecular weight excluding hydrogens is 461 g/mol. The molecule has 0 spiro atoms. The highest BCUT2D eigenvalue weighted by molar-refractivity contribution is 14.1. The number of nitrogens with zero attached hydrogens (tertiary/aromatic N) is 2. The number of amides is 1. The lowest BCUT2D eigenvalue weighted by Gasteiger charge is -2.08. The van der Waals surface area contributed by atoms with Crippen molar-refractivity contribution >= 4 is 34.2 Å². The molecule has 0 unspecified atom stereocenters. The van der Waals surface area contributed by atoms with Gasteiger partial charge in [0, 0.05) is 11.3 Å². The van der Waals surface area contributed by atoms with Crippen LogP contribution in [0.5, 0.6) is 0 Å². The molecule has 1 amide bonds. The predicted molar refractivity (Wildman–Crippen MR) is 121 cm³/mol. The number of carbonyl (C=O) groups excluding carboxylic acids is 1. The van der Waals surface area contributed by atoms with Gasteiger partial charge in [0.2, 0.25) is 0 Å². The van der Waals surface area contributed by atoms with Gasteiger partial charge in [0.15, 0.2) is 5.69 Å². The van der Waals surface area contributed by atoms with Gasteiger partial charge in [-0.1, -0.05) is 66.2 Å². The zero-order valence-corrected chi connectivity index (χ0v) is 17.4. The highest BCUT2D eigenvalue weighted by Gasteiger charge is 2.23. The molecule has 1 aromatic heterocycles. The molecular formula is C23H18IN3O. The van der Waals surface area contributed by atoms with Gasteiger partial charge in [0.25, 0.3) is 5.91 Å². The highest BCUT2D eigenvalue weighted by Crippen LogP contribution is 2.31. The summed E-state index contributed by atoms with van der Waals surface area (Å²) in [6, 6.07) is 27.5. The molecule has 28 heavy (non-hydrogen) atoms. The third-order valence-corrected chi connectivity index (χ3v) is 5.42.